The molecule has 1 heterocycles. The number of aromatic nitrogens is 2. The van der Waals surface area contributed by atoms with E-state index in [1.165, 1.54) is 0 Å². The van der Waals surface area contributed by atoms with E-state index in [1.54, 1.807) is 6.92 Å². The Balaban J connectivity index is 2.86. The Hall–Kier alpha value is -0.250. The third kappa shape index (κ3) is 3.96. The lowest BCUT2D eigenvalue weighted by atomic mass is 10.5. The lowest BCUT2D eigenvalue weighted by Crippen LogP contribution is -2.14. The summed E-state index contributed by atoms with van der Waals surface area (Å²) in [4.78, 5) is 3.78. The summed E-state index contributed by atoms with van der Waals surface area (Å²) in [5, 5.41) is 0. The van der Waals surface area contributed by atoms with Crippen molar-refractivity contribution in [1.29, 1.82) is 0 Å². The predicted octanol–water partition coefficient (Wildman–Crippen LogP) is 0.443. The highest BCUT2D eigenvalue weighted by molar-refractivity contribution is 8.14. The van der Waals surface area contributed by atoms with E-state index in [4.69, 9.17) is 10.7 Å². The fourth-order valence-corrected chi connectivity index (χ4v) is 4.78. The maximum absolute atomic E-state index is 11.6. The molecule has 0 aliphatic carbocycles. The zero-order valence-corrected chi connectivity index (χ0v) is 11.5. The van der Waals surface area contributed by atoms with Crippen LogP contribution in [-0.4, -0.2) is 37.7 Å². The SMILES string of the molecule is CCc1nsc(S(=O)(=O)CCS(=O)(=O)Cl)n1. The first-order valence-corrected chi connectivity index (χ1v) is 9.12. The van der Waals surface area contributed by atoms with Crippen LogP contribution >= 0.6 is 22.2 Å². The van der Waals surface area contributed by atoms with Gasteiger partial charge in [0, 0.05) is 17.1 Å². The Bertz CT molecular complexity index is 562. The van der Waals surface area contributed by atoms with Crippen LogP contribution < -0.4 is 0 Å². The van der Waals surface area contributed by atoms with Gasteiger partial charge in [-0.15, -0.1) is 0 Å². The van der Waals surface area contributed by atoms with Crippen molar-refractivity contribution < 1.29 is 16.8 Å². The summed E-state index contributed by atoms with van der Waals surface area (Å²) in [5.41, 5.74) is 0. The van der Waals surface area contributed by atoms with E-state index in [2.05, 4.69) is 9.36 Å². The third-order valence-electron chi connectivity index (χ3n) is 1.63. The van der Waals surface area contributed by atoms with Gasteiger partial charge in [0.05, 0.1) is 11.5 Å². The molecule has 0 saturated heterocycles. The number of hydrogen-bond donors (Lipinski definition) is 0. The molecule has 0 aromatic carbocycles. The predicted molar refractivity (Wildman–Crippen MR) is 61.0 cm³/mol. The minimum Gasteiger partial charge on any atom is -0.221 e. The van der Waals surface area contributed by atoms with Gasteiger partial charge < -0.3 is 0 Å². The Labute approximate surface area is 102 Å². The molecule has 16 heavy (non-hydrogen) atoms. The molecule has 0 saturated carbocycles. The molecule has 10 heteroatoms. The largest absolute Gasteiger partial charge is 0.233 e. The van der Waals surface area contributed by atoms with Crippen LogP contribution in [0.3, 0.4) is 0 Å². The smallest absolute Gasteiger partial charge is 0.221 e. The van der Waals surface area contributed by atoms with Gasteiger partial charge in [-0.25, -0.2) is 21.8 Å². The first-order valence-electron chi connectivity index (χ1n) is 4.22. The van der Waals surface area contributed by atoms with Crippen molar-refractivity contribution in [2.45, 2.75) is 17.7 Å². The van der Waals surface area contributed by atoms with Crippen molar-refractivity contribution in [1.82, 2.24) is 9.36 Å². The zero-order chi connectivity index (χ0) is 12.4. The van der Waals surface area contributed by atoms with Crippen LogP contribution in [0.15, 0.2) is 4.34 Å². The van der Waals surface area contributed by atoms with E-state index in [-0.39, 0.29) is 4.34 Å². The number of rotatable bonds is 5. The maximum atomic E-state index is 11.6. The molecule has 6 nitrogen and oxygen atoms in total. The average Bonchev–Trinajstić information content (AvgIpc) is 2.62. The van der Waals surface area contributed by atoms with Crippen LogP contribution in [0.4, 0.5) is 0 Å². The summed E-state index contributed by atoms with van der Waals surface area (Å²) < 4.78 is 48.1. The molecule has 0 radical (unpaired) electrons. The fraction of sp³-hybridized carbons (Fsp3) is 0.667. The Morgan fingerprint density at radius 2 is 1.88 bits per heavy atom. The van der Waals surface area contributed by atoms with Gasteiger partial charge in [0.2, 0.25) is 23.2 Å². The van der Waals surface area contributed by atoms with E-state index in [0.717, 1.165) is 11.5 Å². The second kappa shape index (κ2) is 4.94. The van der Waals surface area contributed by atoms with Crippen molar-refractivity contribution in [2.75, 3.05) is 11.5 Å². The second-order valence-electron chi connectivity index (χ2n) is 2.89. The molecule has 0 bridgehead atoms. The monoisotopic (exact) mass is 304 g/mol. The van der Waals surface area contributed by atoms with E-state index >= 15 is 0 Å². The quantitative estimate of drug-likeness (QED) is 0.733. The average molecular weight is 305 g/mol. The molecule has 0 amide bonds. The first kappa shape index (κ1) is 13.8. The fourth-order valence-electron chi connectivity index (χ4n) is 0.804. The summed E-state index contributed by atoms with van der Waals surface area (Å²) >= 11 is 0.745. The number of nitrogens with zero attached hydrogens (tertiary/aromatic N) is 2. The van der Waals surface area contributed by atoms with Crippen LogP contribution in [0.1, 0.15) is 12.7 Å². The van der Waals surface area contributed by atoms with Crippen LogP contribution in [0.5, 0.6) is 0 Å². The minimum absolute atomic E-state index is 0.162. The van der Waals surface area contributed by atoms with Gasteiger partial charge in [0.15, 0.2) is 0 Å². The highest BCUT2D eigenvalue weighted by Crippen LogP contribution is 2.15. The van der Waals surface area contributed by atoms with E-state index in [9.17, 15) is 16.8 Å². The van der Waals surface area contributed by atoms with Crippen molar-refractivity contribution in [3.05, 3.63) is 5.82 Å². The van der Waals surface area contributed by atoms with Gasteiger partial charge in [0.1, 0.15) is 5.82 Å². The highest BCUT2D eigenvalue weighted by atomic mass is 35.7. The van der Waals surface area contributed by atoms with E-state index in [0.29, 0.717) is 12.2 Å². The lowest BCUT2D eigenvalue weighted by molar-refractivity contribution is 0.591. The molecule has 0 aliphatic rings. The third-order valence-corrected chi connectivity index (χ3v) is 5.94. The van der Waals surface area contributed by atoms with Gasteiger partial charge in [-0.1, -0.05) is 6.92 Å². The van der Waals surface area contributed by atoms with Crippen LogP contribution in [0.25, 0.3) is 0 Å². The molecule has 0 N–H and O–H groups in total. The van der Waals surface area contributed by atoms with Crippen LogP contribution in [0.2, 0.25) is 0 Å². The van der Waals surface area contributed by atoms with Crippen LogP contribution in [-0.2, 0) is 25.3 Å². The van der Waals surface area contributed by atoms with E-state index in [1.807, 2.05) is 0 Å². The highest BCUT2D eigenvalue weighted by Gasteiger charge is 2.22. The molecule has 1 aromatic rings. The van der Waals surface area contributed by atoms with E-state index < -0.39 is 30.4 Å². The Kier molecular flexibility index (Phi) is 4.27. The molecule has 0 spiro atoms. The Morgan fingerprint density at radius 3 is 2.31 bits per heavy atom. The van der Waals surface area contributed by atoms with Crippen molar-refractivity contribution in [2.24, 2.45) is 0 Å². The number of sulfone groups is 1. The van der Waals surface area contributed by atoms with Gasteiger partial charge >= 0.3 is 0 Å². The van der Waals surface area contributed by atoms with Gasteiger partial charge in [-0.05, 0) is 11.5 Å². The summed E-state index contributed by atoms with van der Waals surface area (Å²) in [5.74, 6) is -0.771. The van der Waals surface area contributed by atoms with Gasteiger partial charge in [-0.2, -0.15) is 4.37 Å². The van der Waals surface area contributed by atoms with Crippen molar-refractivity contribution in [3.8, 4) is 0 Å². The topological polar surface area (TPSA) is 94.1 Å². The summed E-state index contributed by atoms with van der Waals surface area (Å²) in [6, 6.07) is 0. The number of hydrogen-bond acceptors (Lipinski definition) is 7. The Morgan fingerprint density at radius 1 is 1.25 bits per heavy atom. The zero-order valence-electron chi connectivity index (χ0n) is 8.25. The minimum atomic E-state index is -3.81. The van der Waals surface area contributed by atoms with Gasteiger partial charge in [0.25, 0.3) is 0 Å². The normalized spacial score (nSPS) is 12.9. The van der Waals surface area contributed by atoms with Crippen LogP contribution in [0, 0.1) is 0 Å². The number of halogens is 1. The van der Waals surface area contributed by atoms with Crippen molar-refractivity contribution in [3.63, 3.8) is 0 Å². The second-order valence-corrected chi connectivity index (χ2v) is 8.82. The number of aryl methyl sites for hydroxylation is 1. The first-order chi connectivity index (χ1) is 7.24. The molecule has 0 unspecified atom stereocenters. The molecule has 1 aromatic heterocycles. The molecular weight excluding hydrogens is 296 g/mol. The maximum Gasteiger partial charge on any atom is 0.233 e. The standard InChI is InChI=1S/C6H9ClN2O4S3/c1-2-5-8-6(14-9-5)15(10,11)3-4-16(7,12)13/h2-4H2,1H3. The molecule has 0 fully saturated rings. The molecule has 92 valence electrons. The van der Waals surface area contributed by atoms with Crippen molar-refractivity contribution >= 4 is 41.1 Å². The molecular formula is C6H9ClN2O4S3. The molecule has 1 rings (SSSR count). The molecule has 0 aliphatic heterocycles. The summed E-state index contributed by atoms with van der Waals surface area (Å²) in [6.45, 7) is 1.79. The molecule has 0 atom stereocenters. The summed E-state index contributed by atoms with van der Waals surface area (Å²) in [6.07, 6.45) is 0.528. The lowest BCUT2D eigenvalue weighted by Gasteiger charge is -1.96. The summed E-state index contributed by atoms with van der Waals surface area (Å²) in [7, 11) is -2.58. The van der Waals surface area contributed by atoms with Gasteiger partial charge in [-0.3, -0.25) is 0 Å².